The third-order valence-corrected chi connectivity index (χ3v) is 17.4. The lowest BCUT2D eigenvalue weighted by Crippen LogP contribution is -2.55. The number of para-hydroxylation sites is 3. The number of rotatable bonds is 31. The van der Waals surface area contributed by atoms with E-state index < -0.39 is 65.3 Å². The van der Waals surface area contributed by atoms with Crippen LogP contribution < -0.4 is 35.5 Å². The van der Waals surface area contributed by atoms with Crippen LogP contribution in [0.5, 0.6) is 17.2 Å². The molecular weight excluding hydrogens is 1340 g/mol. The summed E-state index contributed by atoms with van der Waals surface area (Å²) >= 11 is 0. The Labute approximate surface area is 620 Å². The first-order chi connectivity index (χ1) is 51.8. The van der Waals surface area contributed by atoms with Gasteiger partial charge in [0.05, 0.1) is 37.5 Å². The van der Waals surface area contributed by atoms with Gasteiger partial charge in [0.2, 0.25) is 0 Å². The zero-order valence-electron chi connectivity index (χ0n) is 60.2. The predicted molar refractivity (Wildman–Crippen MR) is 404 cm³/mol. The molecule has 4 atom stereocenters. The van der Waals surface area contributed by atoms with Crippen LogP contribution in [0.3, 0.4) is 0 Å². The quantitative estimate of drug-likeness (QED) is 0.0134. The summed E-state index contributed by atoms with van der Waals surface area (Å²) in [6, 6.07) is 84.1. The normalized spacial score (nSPS) is 13.7. The topological polar surface area (TPSA) is 265 Å². The highest BCUT2D eigenvalue weighted by molar-refractivity contribution is 5.82. The van der Waals surface area contributed by atoms with Gasteiger partial charge < -0.3 is 58.7 Å². The van der Waals surface area contributed by atoms with Crippen LogP contribution >= 0.6 is 0 Å². The Bertz CT molecular complexity index is 3800. The molecule has 2 amide bonds. The SMILES string of the molecule is CCOC(=O)[C@@H](CO)NC(c1ccccc1)(c1ccccc1)c1ccccc1.CCOC(=O)[C@@H](COc1ccccc1)NC(=O)OC1CCCC1.CCOC(=O)[C@@H](COc1ccccc1)NC(c1ccccc1)(c1ccccc1)c1ccccc1.O=C(N[C@H](COc1ccccc1)C(=O)O)OC1CCCC1. The van der Waals surface area contributed by atoms with E-state index in [-0.39, 0.29) is 64.4 Å². The number of carbonyl (C=O) groups is 6. The molecule has 20 nitrogen and oxygen atoms in total. The summed E-state index contributed by atoms with van der Waals surface area (Å²) in [5.41, 5.74) is 4.32. The van der Waals surface area contributed by atoms with Crippen LogP contribution in [0, 0.1) is 0 Å². The molecule has 20 heteroatoms. The number of aliphatic carboxylic acids is 1. The first-order valence-corrected chi connectivity index (χ1v) is 36.0. The van der Waals surface area contributed by atoms with Crippen molar-refractivity contribution >= 4 is 36.1 Å². The van der Waals surface area contributed by atoms with Crippen molar-refractivity contribution in [2.75, 3.05) is 46.2 Å². The van der Waals surface area contributed by atoms with Crippen LogP contribution in [0.15, 0.2) is 273 Å². The van der Waals surface area contributed by atoms with Crippen molar-refractivity contribution in [3.63, 3.8) is 0 Å². The van der Waals surface area contributed by atoms with Crippen molar-refractivity contribution in [3.05, 3.63) is 306 Å². The maximum absolute atomic E-state index is 13.2. The van der Waals surface area contributed by atoms with E-state index >= 15 is 0 Å². The average molecular weight is 1440 g/mol. The number of alkyl carbamates (subject to hydrolysis) is 2. The number of amides is 2. The van der Waals surface area contributed by atoms with E-state index in [0.717, 1.165) is 84.7 Å². The predicted octanol–water partition coefficient (Wildman–Crippen LogP) is 13.9. The maximum atomic E-state index is 13.2. The van der Waals surface area contributed by atoms with Gasteiger partial charge in [0.25, 0.3) is 0 Å². The summed E-state index contributed by atoms with van der Waals surface area (Å²) in [4.78, 5) is 72.4. The molecule has 2 aliphatic carbocycles. The molecular formula is C86H96N4O16. The number of nitrogens with one attached hydrogen (secondary N) is 4. The van der Waals surface area contributed by atoms with Gasteiger partial charge in [-0.3, -0.25) is 20.2 Å². The Morgan fingerprint density at radius 3 is 0.858 bits per heavy atom. The van der Waals surface area contributed by atoms with Crippen LogP contribution in [0.1, 0.15) is 106 Å². The monoisotopic (exact) mass is 1440 g/mol. The Morgan fingerprint density at radius 2 is 0.585 bits per heavy atom. The molecule has 2 aliphatic rings. The Kier molecular flexibility index (Phi) is 33.1. The lowest BCUT2D eigenvalue weighted by Gasteiger charge is -2.39. The zero-order chi connectivity index (χ0) is 75.0. The van der Waals surface area contributed by atoms with E-state index in [9.17, 15) is 33.9 Å². The van der Waals surface area contributed by atoms with Crippen molar-refractivity contribution in [3.8, 4) is 17.2 Å². The molecule has 0 aromatic heterocycles. The minimum absolute atomic E-state index is 0.0113. The number of carboxylic acids is 1. The van der Waals surface area contributed by atoms with Gasteiger partial charge in [-0.25, -0.2) is 19.2 Å². The molecule has 0 saturated heterocycles. The minimum atomic E-state index is -1.16. The average Bonchev–Trinajstić information content (AvgIpc) is 0.887. The minimum Gasteiger partial charge on any atom is -0.491 e. The van der Waals surface area contributed by atoms with Crippen LogP contribution in [-0.4, -0.2) is 129 Å². The number of carbonyl (C=O) groups excluding carboxylic acids is 5. The molecule has 0 heterocycles. The van der Waals surface area contributed by atoms with Crippen molar-refractivity contribution in [1.29, 1.82) is 0 Å². The van der Waals surface area contributed by atoms with Gasteiger partial charge in [0.15, 0.2) is 12.1 Å². The molecule has 11 rings (SSSR count). The molecule has 106 heavy (non-hydrogen) atoms. The molecule has 0 aliphatic heterocycles. The fourth-order valence-electron chi connectivity index (χ4n) is 12.3. The smallest absolute Gasteiger partial charge is 0.408 e. The second-order valence-corrected chi connectivity index (χ2v) is 24.8. The van der Waals surface area contributed by atoms with Crippen LogP contribution in [-0.2, 0) is 53.9 Å². The van der Waals surface area contributed by atoms with E-state index in [1.165, 1.54) is 0 Å². The summed E-state index contributed by atoms with van der Waals surface area (Å²) < 4.78 is 43.0. The fraction of sp³-hybridized carbons (Fsp3) is 0.302. The number of carboxylic acid groups (broad SMARTS) is 1. The van der Waals surface area contributed by atoms with E-state index in [2.05, 4.69) is 57.7 Å². The third kappa shape index (κ3) is 24.4. The summed E-state index contributed by atoms with van der Waals surface area (Å²) in [6.45, 7) is 5.65. The number of hydrogen-bond acceptors (Lipinski definition) is 17. The Morgan fingerprint density at radius 1 is 0.349 bits per heavy atom. The number of aliphatic hydroxyl groups is 1. The number of hydrogen-bond donors (Lipinski definition) is 6. The molecule has 0 spiro atoms. The van der Waals surface area contributed by atoms with Gasteiger partial charge in [0, 0.05) is 0 Å². The second kappa shape index (κ2) is 43.7. The highest BCUT2D eigenvalue weighted by Crippen LogP contribution is 2.39. The highest BCUT2D eigenvalue weighted by atomic mass is 16.6. The molecule has 556 valence electrons. The zero-order valence-corrected chi connectivity index (χ0v) is 60.2. The molecule has 2 fully saturated rings. The molecule has 0 radical (unpaired) electrons. The van der Waals surface area contributed by atoms with Crippen molar-refractivity contribution in [1.82, 2.24) is 21.3 Å². The maximum Gasteiger partial charge on any atom is 0.408 e. The van der Waals surface area contributed by atoms with Gasteiger partial charge in [-0.2, -0.15) is 0 Å². The van der Waals surface area contributed by atoms with Gasteiger partial charge in [-0.05, 0) is 142 Å². The van der Waals surface area contributed by atoms with E-state index in [1.807, 2.05) is 207 Å². The molecule has 9 aromatic rings. The van der Waals surface area contributed by atoms with Crippen molar-refractivity contribution in [2.45, 2.75) is 120 Å². The van der Waals surface area contributed by atoms with Crippen LogP contribution in [0.2, 0.25) is 0 Å². The number of ether oxygens (including phenoxy) is 8. The van der Waals surface area contributed by atoms with Crippen LogP contribution in [0.25, 0.3) is 0 Å². The largest absolute Gasteiger partial charge is 0.491 e. The third-order valence-electron chi connectivity index (χ3n) is 17.4. The number of aliphatic hydroxyl groups excluding tert-OH is 1. The first-order valence-electron chi connectivity index (χ1n) is 36.0. The lowest BCUT2D eigenvalue weighted by atomic mass is 9.76. The van der Waals surface area contributed by atoms with Gasteiger partial charge in [0.1, 0.15) is 61.4 Å². The standard InChI is InChI=1S/C30H29NO3.C24H25NO3.C17H23NO5.C15H19NO5/c1-2-33-29(32)28(23-34-27-21-13-6-14-22-27)31-30(24-15-7-3-8-16-24,25-17-9-4-10-18-25)26-19-11-5-12-20-26;1-2-28-23(27)22(18-26)25-24(19-12-6-3-7-13-19,20-14-8-4-9-15-20)21-16-10-5-11-17-21;1-2-21-16(19)15(12-22-13-8-4-3-5-9-13)18-17(20)23-14-10-6-7-11-14;17-14(18)13(10-20-11-6-2-1-3-7-11)16-15(19)21-12-8-4-5-9-12/h3-22,28,31H,2,23H2,1H3;3-17,22,25-26H,2,18H2,1H3;3-5,8-9,14-15H,2,6-7,10-12H2,1H3,(H,18,20);1-3,6-7,12-13H,4-5,8-10H2,(H,16,19)(H,17,18)/t28-;22-;15-;13-/m1111/s1. The van der Waals surface area contributed by atoms with Gasteiger partial charge in [-0.15, -0.1) is 0 Å². The van der Waals surface area contributed by atoms with E-state index in [4.69, 9.17) is 43.0 Å². The summed E-state index contributed by atoms with van der Waals surface area (Å²) in [6.07, 6.45) is 6.16. The van der Waals surface area contributed by atoms with Crippen molar-refractivity contribution in [2.24, 2.45) is 0 Å². The molecule has 6 N–H and O–H groups in total. The van der Waals surface area contributed by atoms with E-state index in [1.54, 1.807) is 50.2 Å². The Hall–Kier alpha value is -11.3. The second-order valence-electron chi connectivity index (χ2n) is 24.8. The molecule has 0 bridgehead atoms. The Balaban J connectivity index is 0.000000182. The number of esters is 3. The van der Waals surface area contributed by atoms with E-state index in [0.29, 0.717) is 17.2 Å². The lowest BCUT2D eigenvalue weighted by molar-refractivity contribution is -0.148. The molecule has 0 unspecified atom stereocenters. The first kappa shape index (κ1) is 80.4. The van der Waals surface area contributed by atoms with Crippen molar-refractivity contribution < 1.29 is 76.9 Å². The van der Waals surface area contributed by atoms with Crippen LogP contribution in [0.4, 0.5) is 9.59 Å². The molecule has 9 aromatic carbocycles. The summed E-state index contributed by atoms with van der Waals surface area (Å²) in [5.74, 6) is -0.658. The summed E-state index contributed by atoms with van der Waals surface area (Å²) in [7, 11) is 0. The van der Waals surface area contributed by atoms with Gasteiger partial charge >= 0.3 is 36.1 Å². The highest BCUT2D eigenvalue weighted by Gasteiger charge is 2.42. The van der Waals surface area contributed by atoms with Gasteiger partial charge in [-0.1, -0.05) is 237 Å². The summed E-state index contributed by atoms with van der Waals surface area (Å²) in [5, 5.41) is 31.0. The number of benzene rings is 9. The fourth-order valence-corrected chi connectivity index (χ4v) is 12.3. The molecule has 2 saturated carbocycles.